The average Bonchev–Trinajstić information content (AvgIpc) is 2.24. The van der Waals surface area contributed by atoms with E-state index in [0.717, 1.165) is 25.7 Å². The van der Waals surface area contributed by atoms with Crippen LogP contribution in [0.5, 0.6) is 0 Å². The third-order valence-corrected chi connectivity index (χ3v) is 5.80. The molecule has 84 valence electrons. The molecule has 2 unspecified atom stereocenters. The van der Waals surface area contributed by atoms with Gasteiger partial charge in [-0.25, -0.2) is 0 Å². The SMILES string of the molecule is OC12C3CCC[C@@]14CCC[C@]2(CCC3)O4. The van der Waals surface area contributed by atoms with Gasteiger partial charge in [-0.1, -0.05) is 12.8 Å². The van der Waals surface area contributed by atoms with Crippen LogP contribution < -0.4 is 0 Å². The van der Waals surface area contributed by atoms with Crippen LogP contribution in [-0.2, 0) is 4.74 Å². The predicted octanol–water partition coefficient (Wildman–Crippen LogP) is 2.39. The molecule has 0 aromatic carbocycles. The van der Waals surface area contributed by atoms with Gasteiger partial charge in [0, 0.05) is 0 Å². The van der Waals surface area contributed by atoms with Crippen molar-refractivity contribution in [3.8, 4) is 0 Å². The van der Waals surface area contributed by atoms with E-state index in [1.807, 2.05) is 0 Å². The van der Waals surface area contributed by atoms with Crippen LogP contribution in [0.4, 0.5) is 0 Å². The summed E-state index contributed by atoms with van der Waals surface area (Å²) in [6.07, 6.45) is 10.7. The second-order valence-corrected chi connectivity index (χ2v) is 6.19. The Bertz CT molecular complexity index is 278. The number of ether oxygens (including phenoxy) is 1. The van der Waals surface area contributed by atoms with Crippen molar-refractivity contribution >= 4 is 0 Å². The first-order valence-corrected chi connectivity index (χ1v) is 6.65. The summed E-state index contributed by atoms with van der Waals surface area (Å²) >= 11 is 0. The summed E-state index contributed by atoms with van der Waals surface area (Å²) in [4.78, 5) is 0. The highest BCUT2D eigenvalue weighted by Crippen LogP contribution is 2.70. The first kappa shape index (κ1) is 9.00. The minimum Gasteiger partial charge on any atom is -0.384 e. The van der Waals surface area contributed by atoms with Crippen LogP contribution in [0.2, 0.25) is 0 Å². The molecule has 1 saturated heterocycles. The maximum Gasteiger partial charge on any atom is 0.125 e. The summed E-state index contributed by atoms with van der Waals surface area (Å²) in [5.74, 6) is 0.550. The van der Waals surface area contributed by atoms with E-state index in [1.165, 1.54) is 32.1 Å². The minimum absolute atomic E-state index is 0.103. The molecule has 4 rings (SSSR count). The Balaban J connectivity index is 1.84. The molecule has 4 aliphatic rings. The van der Waals surface area contributed by atoms with Crippen molar-refractivity contribution in [1.82, 2.24) is 0 Å². The Labute approximate surface area is 91.0 Å². The van der Waals surface area contributed by atoms with Crippen molar-refractivity contribution in [3.05, 3.63) is 0 Å². The monoisotopic (exact) mass is 208 g/mol. The van der Waals surface area contributed by atoms with Crippen molar-refractivity contribution in [3.63, 3.8) is 0 Å². The molecule has 0 radical (unpaired) electrons. The second kappa shape index (κ2) is 2.43. The van der Waals surface area contributed by atoms with E-state index >= 15 is 0 Å². The molecule has 2 heteroatoms. The zero-order chi connectivity index (χ0) is 10.1. The number of aliphatic hydroxyl groups is 1. The Morgan fingerprint density at radius 2 is 1.40 bits per heavy atom. The maximum atomic E-state index is 11.1. The first-order valence-electron chi connectivity index (χ1n) is 6.65. The Morgan fingerprint density at radius 1 is 0.867 bits per heavy atom. The molecular formula is C13H20O2. The van der Waals surface area contributed by atoms with Crippen LogP contribution in [0, 0.1) is 5.92 Å². The van der Waals surface area contributed by atoms with Gasteiger partial charge < -0.3 is 9.84 Å². The predicted molar refractivity (Wildman–Crippen MR) is 56.5 cm³/mol. The van der Waals surface area contributed by atoms with Crippen LogP contribution in [0.3, 0.4) is 0 Å². The Kier molecular flexibility index (Phi) is 1.46. The Hall–Kier alpha value is -0.0800. The summed E-state index contributed by atoms with van der Waals surface area (Å²) in [7, 11) is 0. The zero-order valence-electron chi connectivity index (χ0n) is 9.30. The molecule has 0 aromatic rings. The van der Waals surface area contributed by atoms with Gasteiger partial charge in [0.2, 0.25) is 0 Å². The molecule has 3 aliphatic carbocycles. The third kappa shape index (κ3) is 0.734. The summed E-state index contributed by atoms with van der Waals surface area (Å²) in [6.45, 7) is 0. The van der Waals surface area contributed by atoms with Crippen LogP contribution in [-0.4, -0.2) is 21.9 Å². The summed E-state index contributed by atoms with van der Waals surface area (Å²) in [5, 5.41) is 11.1. The molecule has 1 N–H and O–H groups in total. The highest BCUT2D eigenvalue weighted by atomic mass is 16.6. The fourth-order valence-corrected chi connectivity index (χ4v) is 5.35. The van der Waals surface area contributed by atoms with Crippen LogP contribution in [0.1, 0.15) is 57.8 Å². The standard InChI is InChI=1S/C13H20O2/c14-13-10-4-1-6-11(13)8-3-9-12(13,15-11)7-2-5-10/h10,14H,1-9H2/t10?,11-,12+,13?. The average molecular weight is 208 g/mol. The number of hydrogen-bond donors (Lipinski definition) is 1. The number of hydrogen-bond acceptors (Lipinski definition) is 2. The van der Waals surface area contributed by atoms with Gasteiger partial charge in [-0.15, -0.1) is 0 Å². The summed E-state index contributed by atoms with van der Waals surface area (Å²) < 4.78 is 6.28. The van der Waals surface area contributed by atoms with Gasteiger partial charge in [0.1, 0.15) is 16.8 Å². The highest BCUT2D eigenvalue weighted by Gasteiger charge is 2.79. The maximum absolute atomic E-state index is 11.1. The fraction of sp³-hybridized carbons (Fsp3) is 1.00. The van der Waals surface area contributed by atoms with Gasteiger partial charge in [-0.3, -0.25) is 0 Å². The van der Waals surface area contributed by atoms with E-state index in [9.17, 15) is 5.11 Å². The van der Waals surface area contributed by atoms with Gasteiger partial charge >= 0.3 is 0 Å². The topological polar surface area (TPSA) is 29.5 Å². The third-order valence-electron chi connectivity index (χ3n) is 5.80. The van der Waals surface area contributed by atoms with Gasteiger partial charge in [-0.2, -0.15) is 0 Å². The lowest BCUT2D eigenvalue weighted by molar-refractivity contribution is -0.461. The molecule has 3 saturated carbocycles. The second-order valence-electron chi connectivity index (χ2n) is 6.19. The molecule has 4 fully saturated rings. The van der Waals surface area contributed by atoms with Crippen molar-refractivity contribution < 1.29 is 9.84 Å². The van der Waals surface area contributed by atoms with Gasteiger partial charge in [0.15, 0.2) is 0 Å². The van der Waals surface area contributed by atoms with E-state index < -0.39 is 5.60 Å². The van der Waals surface area contributed by atoms with E-state index in [2.05, 4.69) is 0 Å². The van der Waals surface area contributed by atoms with Gasteiger partial charge in [0.05, 0.1) is 0 Å². The molecule has 2 bridgehead atoms. The zero-order valence-corrected chi connectivity index (χ0v) is 9.30. The molecule has 1 aliphatic heterocycles. The van der Waals surface area contributed by atoms with E-state index in [-0.39, 0.29) is 11.2 Å². The largest absolute Gasteiger partial charge is 0.384 e. The molecular weight excluding hydrogens is 188 g/mol. The molecule has 0 amide bonds. The fourth-order valence-electron chi connectivity index (χ4n) is 5.35. The Morgan fingerprint density at radius 3 is 2.00 bits per heavy atom. The van der Waals surface area contributed by atoms with Crippen LogP contribution in [0.15, 0.2) is 0 Å². The lowest BCUT2D eigenvalue weighted by atomic mass is 9.44. The van der Waals surface area contributed by atoms with Gasteiger partial charge in [0.25, 0.3) is 0 Å². The molecule has 4 atom stereocenters. The van der Waals surface area contributed by atoms with Crippen molar-refractivity contribution in [1.29, 1.82) is 0 Å². The number of rotatable bonds is 0. The smallest absolute Gasteiger partial charge is 0.125 e. The molecule has 0 spiro atoms. The minimum atomic E-state index is -0.422. The molecule has 15 heavy (non-hydrogen) atoms. The van der Waals surface area contributed by atoms with Crippen molar-refractivity contribution in [2.24, 2.45) is 5.92 Å². The molecule has 2 nitrogen and oxygen atoms in total. The quantitative estimate of drug-likeness (QED) is 0.662. The van der Waals surface area contributed by atoms with E-state index in [1.54, 1.807) is 0 Å². The van der Waals surface area contributed by atoms with Crippen molar-refractivity contribution in [2.75, 3.05) is 0 Å². The van der Waals surface area contributed by atoms with E-state index in [4.69, 9.17) is 4.74 Å². The van der Waals surface area contributed by atoms with Crippen molar-refractivity contribution in [2.45, 2.75) is 74.6 Å². The van der Waals surface area contributed by atoms with Crippen LogP contribution in [0.25, 0.3) is 0 Å². The lowest BCUT2D eigenvalue weighted by Crippen LogP contribution is -2.87. The molecule has 0 aromatic heterocycles. The van der Waals surface area contributed by atoms with E-state index in [0.29, 0.717) is 5.92 Å². The lowest BCUT2D eigenvalue weighted by Gasteiger charge is -2.77. The van der Waals surface area contributed by atoms with Gasteiger partial charge in [-0.05, 0) is 50.9 Å². The highest BCUT2D eigenvalue weighted by molar-refractivity contribution is 5.29. The first-order chi connectivity index (χ1) is 7.23. The summed E-state index contributed by atoms with van der Waals surface area (Å²) in [6, 6.07) is 0. The normalized spacial score (nSPS) is 61.8. The molecule has 1 heterocycles. The van der Waals surface area contributed by atoms with Crippen LogP contribution >= 0.6 is 0 Å². The summed E-state index contributed by atoms with van der Waals surface area (Å²) in [5.41, 5.74) is -0.627.